The van der Waals surface area contributed by atoms with E-state index in [2.05, 4.69) is 5.43 Å². The Labute approximate surface area is 99.8 Å². The second-order valence-electron chi connectivity index (χ2n) is 4.26. The van der Waals surface area contributed by atoms with Crippen molar-refractivity contribution in [1.29, 1.82) is 0 Å². The molecule has 0 radical (unpaired) electrons. The molecule has 0 saturated carbocycles. The van der Waals surface area contributed by atoms with Crippen LogP contribution in [0.1, 0.15) is 30.0 Å². The van der Waals surface area contributed by atoms with Gasteiger partial charge in [-0.2, -0.15) is 11.8 Å². The van der Waals surface area contributed by atoms with Gasteiger partial charge in [0.25, 0.3) is 0 Å². The molecule has 2 atom stereocenters. The number of thioether (sulfide) groups is 1. The van der Waals surface area contributed by atoms with Gasteiger partial charge in [-0.1, -0.05) is 6.07 Å². The van der Waals surface area contributed by atoms with Crippen molar-refractivity contribution in [3.63, 3.8) is 0 Å². The first-order valence-electron chi connectivity index (χ1n) is 5.55. The molecule has 0 spiro atoms. The molecule has 1 aliphatic heterocycles. The van der Waals surface area contributed by atoms with Gasteiger partial charge in [0.15, 0.2) is 0 Å². The molecule has 16 heavy (non-hydrogen) atoms. The summed E-state index contributed by atoms with van der Waals surface area (Å²) in [7, 11) is 0. The molecule has 4 heteroatoms. The van der Waals surface area contributed by atoms with Crippen molar-refractivity contribution in [3.05, 3.63) is 35.1 Å². The van der Waals surface area contributed by atoms with Crippen molar-refractivity contribution < 1.29 is 4.39 Å². The molecule has 1 aliphatic rings. The summed E-state index contributed by atoms with van der Waals surface area (Å²) in [5, 5.41) is 0.464. The number of hydrogen-bond donors (Lipinski definition) is 2. The van der Waals surface area contributed by atoms with Crippen molar-refractivity contribution in [2.45, 2.75) is 31.1 Å². The molecule has 1 heterocycles. The molecule has 0 bridgehead atoms. The highest BCUT2D eigenvalue weighted by atomic mass is 32.2. The number of nitrogens with two attached hydrogens (primary N) is 1. The maximum absolute atomic E-state index is 13.3. The van der Waals surface area contributed by atoms with Gasteiger partial charge in [0.1, 0.15) is 5.82 Å². The lowest BCUT2D eigenvalue weighted by atomic mass is 9.99. The number of rotatable bonds is 3. The SMILES string of the molecule is Cc1cc(F)cc(C(NN)C2CCCS2)c1. The Morgan fingerprint density at radius 1 is 1.50 bits per heavy atom. The Bertz CT molecular complexity index is 344. The molecule has 0 amide bonds. The summed E-state index contributed by atoms with van der Waals surface area (Å²) in [6, 6.07) is 5.18. The van der Waals surface area contributed by atoms with Gasteiger partial charge in [-0.25, -0.2) is 4.39 Å². The lowest BCUT2D eigenvalue weighted by molar-refractivity contribution is 0.515. The Hall–Kier alpha value is -0.580. The van der Waals surface area contributed by atoms with Gasteiger partial charge in [0, 0.05) is 5.25 Å². The third kappa shape index (κ3) is 2.56. The summed E-state index contributed by atoms with van der Waals surface area (Å²) in [6.07, 6.45) is 2.37. The molecule has 2 unspecified atom stereocenters. The number of hydrazine groups is 1. The maximum atomic E-state index is 13.3. The Balaban J connectivity index is 2.24. The largest absolute Gasteiger partial charge is 0.271 e. The first-order chi connectivity index (χ1) is 7.70. The molecule has 3 N–H and O–H groups in total. The molecule has 2 rings (SSSR count). The highest BCUT2D eigenvalue weighted by Crippen LogP contribution is 2.35. The maximum Gasteiger partial charge on any atom is 0.123 e. The lowest BCUT2D eigenvalue weighted by Gasteiger charge is -2.22. The molecule has 1 aromatic rings. The monoisotopic (exact) mass is 240 g/mol. The summed E-state index contributed by atoms with van der Waals surface area (Å²) in [4.78, 5) is 0. The number of aryl methyl sites for hydroxylation is 1. The van der Waals surface area contributed by atoms with Crippen molar-refractivity contribution >= 4 is 11.8 Å². The first-order valence-corrected chi connectivity index (χ1v) is 6.60. The van der Waals surface area contributed by atoms with E-state index in [0.717, 1.165) is 17.5 Å². The van der Waals surface area contributed by atoms with Crippen LogP contribution in [-0.2, 0) is 0 Å². The zero-order valence-corrected chi connectivity index (χ0v) is 10.2. The van der Waals surface area contributed by atoms with E-state index < -0.39 is 0 Å². The number of halogens is 1. The summed E-state index contributed by atoms with van der Waals surface area (Å²) >= 11 is 1.92. The number of benzene rings is 1. The van der Waals surface area contributed by atoms with Gasteiger partial charge in [-0.05, 0) is 48.8 Å². The normalized spacial score (nSPS) is 22.3. The minimum absolute atomic E-state index is 0.0573. The minimum atomic E-state index is -0.182. The standard InChI is InChI=1S/C12H17FN2S/c1-8-5-9(7-10(13)6-8)12(15-14)11-3-2-4-16-11/h5-7,11-12,15H,2-4,14H2,1H3. The van der Waals surface area contributed by atoms with Crippen molar-refractivity contribution in [2.24, 2.45) is 5.84 Å². The van der Waals surface area contributed by atoms with Crippen LogP contribution in [-0.4, -0.2) is 11.0 Å². The summed E-state index contributed by atoms with van der Waals surface area (Å²) in [5.74, 6) is 6.59. The van der Waals surface area contributed by atoms with E-state index >= 15 is 0 Å². The zero-order chi connectivity index (χ0) is 11.5. The van der Waals surface area contributed by atoms with E-state index in [4.69, 9.17) is 5.84 Å². The van der Waals surface area contributed by atoms with Crippen LogP contribution in [0.3, 0.4) is 0 Å². The van der Waals surface area contributed by atoms with Crippen LogP contribution in [0, 0.1) is 12.7 Å². The Morgan fingerprint density at radius 3 is 2.88 bits per heavy atom. The highest BCUT2D eigenvalue weighted by Gasteiger charge is 2.26. The molecule has 0 aliphatic carbocycles. The van der Waals surface area contributed by atoms with Crippen molar-refractivity contribution in [3.8, 4) is 0 Å². The highest BCUT2D eigenvalue weighted by molar-refractivity contribution is 8.00. The minimum Gasteiger partial charge on any atom is -0.271 e. The predicted molar refractivity (Wildman–Crippen MR) is 66.7 cm³/mol. The van der Waals surface area contributed by atoms with E-state index in [0.29, 0.717) is 5.25 Å². The Kier molecular flexibility index (Phi) is 3.84. The van der Waals surface area contributed by atoms with Crippen LogP contribution in [0.5, 0.6) is 0 Å². The third-order valence-electron chi connectivity index (χ3n) is 2.94. The van der Waals surface area contributed by atoms with Gasteiger partial charge in [-0.3, -0.25) is 11.3 Å². The fourth-order valence-corrected chi connectivity index (χ4v) is 3.63. The zero-order valence-electron chi connectivity index (χ0n) is 9.37. The Morgan fingerprint density at radius 2 is 2.31 bits per heavy atom. The van der Waals surface area contributed by atoms with E-state index in [9.17, 15) is 4.39 Å². The lowest BCUT2D eigenvalue weighted by Crippen LogP contribution is -2.34. The van der Waals surface area contributed by atoms with Crippen molar-refractivity contribution in [1.82, 2.24) is 5.43 Å². The summed E-state index contributed by atoms with van der Waals surface area (Å²) < 4.78 is 13.3. The fourth-order valence-electron chi connectivity index (χ4n) is 2.23. The first kappa shape index (κ1) is 11.9. The van der Waals surface area contributed by atoms with Gasteiger partial charge in [0.05, 0.1) is 6.04 Å². The average molecular weight is 240 g/mol. The van der Waals surface area contributed by atoms with Gasteiger partial charge < -0.3 is 0 Å². The van der Waals surface area contributed by atoms with Crippen LogP contribution in [0.2, 0.25) is 0 Å². The molecular weight excluding hydrogens is 223 g/mol. The summed E-state index contributed by atoms with van der Waals surface area (Å²) in [6.45, 7) is 1.90. The number of nitrogens with one attached hydrogen (secondary N) is 1. The number of hydrogen-bond acceptors (Lipinski definition) is 3. The van der Waals surface area contributed by atoms with Gasteiger partial charge in [-0.15, -0.1) is 0 Å². The second-order valence-corrected chi connectivity index (χ2v) is 5.60. The topological polar surface area (TPSA) is 38.0 Å². The quantitative estimate of drug-likeness (QED) is 0.630. The van der Waals surface area contributed by atoms with E-state index in [-0.39, 0.29) is 11.9 Å². The average Bonchev–Trinajstić information content (AvgIpc) is 2.70. The van der Waals surface area contributed by atoms with Crippen molar-refractivity contribution in [2.75, 3.05) is 5.75 Å². The fraction of sp³-hybridized carbons (Fsp3) is 0.500. The van der Waals surface area contributed by atoms with Gasteiger partial charge in [0.2, 0.25) is 0 Å². The third-order valence-corrected chi connectivity index (χ3v) is 4.40. The second kappa shape index (κ2) is 5.17. The molecule has 1 fully saturated rings. The molecule has 1 saturated heterocycles. The van der Waals surface area contributed by atoms with E-state index in [1.807, 2.05) is 24.8 Å². The van der Waals surface area contributed by atoms with Crippen LogP contribution in [0.15, 0.2) is 18.2 Å². The van der Waals surface area contributed by atoms with Gasteiger partial charge >= 0.3 is 0 Å². The smallest absolute Gasteiger partial charge is 0.123 e. The molecule has 2 nitrogen and oxygen atoms in total. The molecule has 1 aromatic carbocycles. The van der Waals surface area contributed by atoms with E-state index in [1.165, 1.54) is 12.2 Å². The predicted octanol–water partition coefficient (Wildman–Crippen LogP) is 2.53. The van der Waals surface area contributed by atoms with E-state index in [1.54, 1.807) is 12.1 Å². The molecular formula is C12H17FN2S. The van der Waals surface area contributed by atoms with Crippen LogP contribution in [0.4, 0.5) is 4.39 Å². The molecule has 88 valence electrons. The molecule has 0 aromatic heterocycles. The van der Waals surface area contributed by atoms with Crippen LogP contribution < -0.4 is 11.3 Å². The van der Waals surface area contributed by atoms with Crippen LogP contribution in [0.25, 0.3) is 0 Å². The summed E-state index contributed by atoms with van der Waals surface area (Å²) in [5.41, 5.74) is 4.73. The van der Waals surface area contributed by atoms with Crippen LogP contribution >= 0.6 is 11.8 Å².